The number of methoxy groups -OCH3 is 2. The van der Waals surface area contributed by atoms with Crippen molar-refractivity contribution in [2.24, 2.45) is 0 Å². The Labute approximate surface area is 201 Å². The summed E-state index contributed by atoms with van der Waals surface area (Å²) in [6.45, 7) is 6.35. The summed E-state index contributed by atoms with van der Waals surface area (Å²) in [7, 11) is 3.38. The number of unbranched alkanes of at least 4 members (excludes halogenated alkanes) is 3. The quantitative estimate of drug-likeness (QED) is 0.342. The summed E-state index contributed by atoms with van der Waals surface area (Å²) in [5.41, 5.74) is 3.82. The lowest BCUT2D eigenvalue weighted by atomic mass is 10.1. The highest BCUT2D eigenvalue weighted by atomic mass is 35.5. The summed E-state index contributed by atoms with van der Waals surface area (Å²) >= 11 is 0. The van der Waals surface area contributed by atoms with E-state index in [2.05, 4.69) is 60.0 Å². The van der Waals surface area contributed by atoms with Crippen molar-refractivity contribution in [3.63, 3.8) is 0 Å². The second-order valence-corrected chi connectivity index (χ2v) is 7.55. The van der Waals surface area contributed by atoms with E-state index < -0.39 is 0 Å². The number of halogens is 2. The zero-order valence-corrected chi connectivity index (χ0v) is 20.9. The molecule has 6 heteroatoms. The van der Waals surface area contributed by atoms with Crippen molar-refractivity contribution < 1.29 is 9.47 Å². The van der Waals surface area contributed by atoms with Crippen molar-refractivity contribution in [3.05, 3.63) is 59.2 Å². The number of nitrogens with one attached hydrogen (secondary N) is 2. The number of hydrogen-bond acceptors (Lipinski definition) is 4. The van der Waals surface area contributed by atoms with Crippen LogP contribution in [0.25, 0.3) is 0 Å². The Morgan fingerprint density at radius 2 is 1.26 bits per heavy atom. The summed E-state index contributed by atoms with van der Waals surface area (Å²) in [6.07, 6.45) is 7.23. The van der Waals surface area contributed by atoms with Crippen LogP contribution in [0.15, 0.2) is 42.5 Å². The highest BCUT2D eigenvalue weighted by Gasteiger charge is 2.08. The Morgan fingerprint density at radius 1 is 0.677 bits per heavy atom. The normalized spacial score (nSPS) is 10.2. The maximum atomic E-state index is 5.44. The Balaban J connectivity index is 0.00000450. The van der Waals surface area contributed by atoms with Crippen LogP contribution < -0.4 is 20.1 Å². The number of ether oxygens (including phenoxy) is 2. The molecule has 0 aliphatic carbocycles. The topological polar surface area (TPSA) is 42.5 Å². The molecule has 0 aliphatic rings. The van der Waals surface area contributed by atoms with Crippen LogP contribution in [0.3, 0.4) is 0 Å². The Hall–Kier alpha value is -1.46. The Kier molecular flexibility index (Phi) is 17.3. The van der Waals surface area contributed by atoms with E-state index in [-0.39, 0.29) is 24.8 Å². The standard InChI is InChI=1S/C25H38N2O2.2ClH/c1-21-19-23(20-24(28-2)25(21)29-3)14-18-27-16-10-5-4-9-15-26-17-13-22-11-7-6-8-12-22;;/h6-8,11-12,19-20,26-27H,4-5,9-10,13-18H2,1-3H3;2*1H. The second kappa shape index (κ2) is 18.1. The Bertz CT molecular complexity index is 699. The average Bonchev–Trinajstić information content (AvgIpc) is 2.74. The summed E-state index contributed by atoms with van der Waals surface area (Å²) in [5, 5.41) is 7.11. The molecular formula is C25H40Cl2N2O2. The summed E-state index contributed by atoms with van der Waals surface area (Å²) in [4.78, 5) is 0. The highest BCUT2D eigenvalue weighted by molar-refractivity contribution is 5.85. The molecule has 0 aromatic heterocycles. The molecule has 0 spiro atoms. The van der Waals surface area contributed by atoms with E-state index in [9.17, 15) is 0 Å². The van der Waals surface area contributed by atoms with Gasteiger partial charge in [-0.3, -0.25) is 0 Å². The zero-order valence-electron chi connectivity index (χ0n) is 19.2. The average molecular weight is 472 g/mol. The molecule has 0 aliphatic heterocycles. The van der Waals surface area contributed by atoms with Gasteiger partial charge < -0.3 is 20.1 Å². The van der Waals surface area contributed by atoms with Crippen molar-refractivity contribution >= 4 is 24.8 Å². The van der Waals surface area contributed by atoms with Crippen LogP contribution >= 0.6 is 24.8 Å². The van der Waals surface area contributed by atoms with Crippen LogP contribution in [0.2, 0.25) is 0 Å². The van der Waals surface area contributed by atoms with Crippen LogP contribution in [0.5, 0.6) is 11.5 Å². The van der Waals surface area contributed by atoms with Crippen LogP contribution in [-0.4, -0.2) is 40.4 Å². The van der Waals surface area contributed by atoms with Gasteiger partial charge in [0.05, 0.1) is 14.2 Å². The first kappa shape index (κ1) is 29.5. The van der Waals surface area contributed by atoms with Gasteiger partial charge in [0.25, 0.3) is 0 Å². The Morgan fingerprint density at radius 3 is 1.81 bits per heavy atom. The maximum Gasteiger partial charge on any atom is 0.163 e. The molecule has 0 saturated heterocycles. The summed E-state index contributed by atoms with van der Waals surface area (Å²) in [6, 6.07) is 15.0. The van der Waals surface area contributed by atoms with Crippen LogP contribution in [0.4, 0.5) is 0 Å². The van der Waals surface area contributed by atoms with Crippen LogP contribution in [0, 0.1) is 6.92 Å². The van der Waals surface area contributed by atoms with Gasteiger partial charge in [-0.1, -0.05) is 49.2 Å². The fourth-order valence-corrected chi connectivity index (χ4v) is 3.58. The molecule has 176 valence electrons. The van der Waals surface area contributed by atoms with Crippen molar-refractivity contribution in [1.29, 1.82) is 0 Å². The molecule has 0 atom stereocenters. The SMILES string of the molecule is COc1cc(CCNCCCCCCNCCc2ccccc2)cc(C)c1OC.Cl.Cl. The molecule has 0 bridgehead atoms. The molecular weight excluding hydrogens is 431 g/mol. The van der Waals surface area contributed by atoms with Crippen molar-refractivity contribution in [2.45, 2.75) is 45.4 Å². The number of benzene rings is 2. The van der Waals surface area contributed by atoms with Crippen molar-refractivity contribution in [1.82, 2.24) is 10.6 Å². The lowest BCUT2D eigenvalue weighted by Crippen LogP contribution is -2.19. The smallest absolute Gasteiger partial charge is 0.163 e. The molecule has 0 radical (unpaired) electrons. The van der Waals surface area contributed by atoms with Gasteiger partial charge in [0.2, 0.25) is 0 Å². The fourth-order valence-electron chi connectivity index (χ4n) is 3.58. The van der Waals surface area contributed by atoms with Gasteiger partial charge in [0.1, 0.15) is 0 Å². The van der Waals surface area contributed by atoms with E-state index in [1.807, 2.05) is 0 Å². The molecule has 0 unspecified atom stereocenters. The third kappa shape index (κ3) is 11.6. The molecule has 2 aromatic rings. The summed E-state index contributed by atoms with van der Waals surface area (Å²) < 4.78 is 10.8. The number of aryl methyl sites for hydroxylation is 1. The lowest BCUT2D eigenvalue weighted by molar-refractivity contribution is 0.352. The number of hydrogen-bond donors (Lipinski definition) is 2. The van der Waals surface area contributed by atoms with Crippen LogP contribution in [0.1, 0.15) is 42.4 Å². The molecule has 2 rings (SSSR count). The summed E-state index contributed by atoms with van der Waals surface area (Å²) in [5.74, 6) is 1.65. The van der Waals surface area contributed by atoms with Gasteiger partial charge in [0.15, 0.2) is 11.5 Å². The third-order valence-corrected chi connectivity index (χ3v) is 5.21. The molecule has 0 saturated carbocycles. The maximum absolute atomic E-state index is 5.44. The van der Waals surface area contributed by atoms with E-state index in [0.29, 0.717) is 0 Å². The van der Waals surface area contributed by atoms with E-state index in [4.69, 9.17) is 9.47 Å². The monoisotopic (exact) mass is 470 g/mol. The predicted octanol–water partition coefficient (Wildman–Crippen LogP) is 5.38. The van der Waals surface area contributed by atoms with Gasteiger partial charge in [-0.15, -0.1) is 24.8 Å². The van der Waals surface area contributed by atoms with Crippen LogP contribution in [-0.2, 0) is 12.8 Å². The minimum Gasteiger partial charge on any atom is -0.493 e. The third-order valence-electron chi connectivity index (χ3n) is 5.21. The zero-order chi connectivity index (χ0) is 20.7. The largest absolute Gasteiger partial charge is 0.493 e. The lowest BCUT2D eigenvalue weighted by Gasteiger charge is -2.13. The molecule has 0 fully saturated rings. The molecule has 2 N–H and O–H groups in total. The van der Waals surface area contributed by atoms with Gasteiger partial charge in [0, 0.05) is 0 Å². The first-order valence-electron chi connectivity index (χ1n) is 10.9. The van der Waals surface area contributed by atoms with Gasteiger partial charge >= 0.3 is 0 Å². The van der Waals surface area contributed by atoms with Crippen molar-refractivity contribution in [3.8, 4) is 11.5 Å². The molecule has 31 heavy (non-hydrogen) atoms. The first-order valence-corrected chi connectivity index (χ1v) is 10.9. The second-order valence-electron chi connectivity index (χ2n) is 7.55. The molecule has 4 nitrogen and oxygen atoms in total. The van der Waals surface area contributed by atoms with Gasteiger partial charge in [-0.2, -0.15) is 0 Å². The first-order chi connectivity index (χ1) is 14.2. The van der Waals surface area contributed by atoms with Crippen molar-refractivity contribution in [2.75, 3.05) is 40.4 Å². The van der Waals surface area contributed by atoms with E-state index in [1.165, 1.54) is 36.8 Å². The van der Waals surface area contributed by atoms with E-state index in [1.54, 1.807) is 14.2 Å². The minimum absolute atomic E-state index is 0. The molecule has 0 heterocycles. The molecule has 2 aromatic carbocycles. The van der Waals surface area contributed by atoms with E-state index in [0.717, 1.165) is 56.1 Å². The predicted molar refractivity (Wildman–Crippen MR) is 137 cm³/mol. The van der Waals surface area contributed by atoms with Gasteiger partial charge in [-0.05, 0) is 81.5 Å². The highest BCUT2D eigenvalue weighted by Crippen LogP contribution is 2.32. The molecule has 0 amide bonds. The fraction of sp³-hybridized carbons (Fsp3) is 0.520. The number of rotatable bonds is 15. The van der Waals surface area contributed by atoms with E-state index >= 15 is 0 Å². The minimum atomic E-state index is 0. The van der Waals surface area contributed by atoms with Gasteiger partial charge in [-0.25, -0.2) is 0 Å².